The van der Waals surface area contributed by atoms with E-state index in [2.05, 4.69) is 36.4 Å². The van der Waals surface area contributed by atoms with Gasteiger partial charge in [0.1, 0.15) is 11.6 Å². The molecule has 106 valence electrons. The maximum atomic E-state index is 13.2. The van der Waals surface area contributed by atoms with Crippen molar-refractivity contribution in [1.82, 2.24) is 15.2 Å². The number of carbonyl (C=O) groups excluding carboxylic acids is 1. The first-order chi connectivity index (χ1) is 9.30. The van der Waals surface area contributed by atoms with Gasteiger partial charge >= 0.3 is 0 Å². The molecule has 2 rings (SSSR count). The van der Waals surface area contributed by atoms with Crippen LogP contribution in [0.25, 0.3) is 0 Å². The Morgan fingerprint density at radius 3 is 2.80 bits per heavy atom. The lowest BCUT2D eigenvalue weighted by atomic mass is 9.95. The van der Waals surface area contributed by atoms with Gasteiger partial charge in [0.2, 0.25) is 5.95 Å². The first kappa shape index (κ1) is 14.6. The summed E-state index contributed by atoms with van der Waals surface area (Å²) in [6, 6.07) is 3.85. The standard InChI is InChI=1S/C12H12BrFN4O2/c1-6-15-11(18-17-6)16-10(19)12(2,20)7-3-4-9(14)8(13)5-7/h3-5,20H,1-2H3,(H2,15,16,17,18,19). The molecule has 1 aromatic carbocycles. The fourth-order valence-electron chi connectivity index (χ4n) is 1.55. The number of hydrogen-bond donors (Lipinski definition) is 3. The topological polar surface area (TPSA) is 90.9 Å². The number of halogens is 2. The minimum atomic E-state index is -1.84. The number of aryl methyl sites for hydroxylation is 1. The highest BCUT2D eigenvalue weighted by molar-refractivity contribution is 9.10. The van der Waals surface area contributed by atoms with Gasteiger partial charge in [-0.05, 0) is 47.5 Å². The Bertz CT molecular complexity index is 657. The lowest BCUT2D eigenvalue weighted by molar-refractivity contribution is -0.133. The van der Waals surface area contributed by atoms with Crippen molar-refractivity contribution in [2.24, 2.45) is 0 Å². The molecule has 6 nitrogen and oxygen atoms in total. The maximum Gasteiger partial charge on any atom is 0.263 e. The summed E-state index contributed by atoms with van der Waals surface area (Å²) in [6.07, 6.45) is 0. The van der Waals surface area contributed by atoms with Crippen molar-refractivity contribution < 1.29 is 14.3 Å². The zero-order chi connectivity index (χ0) is 14.9. The molecule has 0 saturated carbocycles. The van der Waals surface area contributed by atoms with Gasteiger partial charge in [0.05, 0.1) is 4.47 Å². The number of nitrogens with one attached hydrogen (secondary N) is 2. The largest absolute Gasteiger partial charge is 0.376 e. The van der Waals surface area contributed by atoms with Crippen molar-refractivity contribution in [3.8, 4) is 0 Å². The third-order valence-electron chi connectivity index (χ3n) is 2.75. The molecule has 1 heterocycles. The van der Waals surface area contributed by atoms with E-state index in [1.165, 1.54) is 19.1 Å². The predicted molar refractivity (Wildman–Crippen MR) is 73.4 cm³/mol. The highest BCUT2D eigenvalue weighted by atomic mass is 79.9. The Morgan fingerprint density at radius 1 is 1.55 bits per heavy atom. The van der Waals surface area contributed by atoms with Crippen LogP contribution < -0.4 is 5.32 Å². The molecule has 2 aromatic rings. The van der Waals surface area contributed by atoms with Crippen LogP contribution in [-0.4, -0.2) is 26.2 Å². The molecule has 0 fully saturated rings. The molecular weight excluding hydrogens is 331 g/mol. The first-order valence-corrected chi connectivity index (χ1v) is 6.48. The van der Waals surface area contributed by atoms with E-state index < -0.39 is 17.3 Å². The molecule has 1 amide bonds. The molecule has 8 heteroatoms. The molecule has 0 aliphatic heterocycles. The monoisotopic (exact) mass is 342 g/mol. The number of carbonyl (C=O) groups is 1. The van der Waals surface area contributed by atoms with Gasteiger partial charge in [-0.15, -0.1) is 5.10 Å². The van der Waals surface area contributed by atoms with Crippen LogP contribution in [-0.2, 0) is 10.4 Å². The number of amides is 1. The van der Waals surface area contributed by atoms with Crippen LogP contribution >= 0.6 is 15.9 Å². The Labute approximate surface area is 122 Å². The number of benzene rings is 1. The Morgan fingerprint density at radius 2 is 2.25 bits per heavy atom. The Balaban J connectivity index is 2.24. The Kier molecular flexibility index (Phi) is 3.87. The summed E-state index contributed by atoms with van der Waals surface area (Å²) in [5.74, 6) is -0.594. The second-order valence-corrected chi connectivity index (χ2v) is 5.25. The van der Waals surface area contributed by atoms with Gasteiger partial charge in [-0.1, -0.05) is 6.07 Å². The van der Waals surface area contributed by atoms with Crippen molar-refractivity contribution in [3.63, 3.8) is 0 Å². The molecule has 0 saturated heterocycles. The van der Waals surface area contributed by atoms with E-state index in [0.29, 0.717) is 5.82 Å². The summed E-state index contributed by atoms with van der Waals surface area (Å²) in [6.45, 7) is 2.99. The van der Waals surface area contributed by atoms with Crippen LogP contribution in [0.15, 0.2) is 22.7 Å². The van der Waals surface area contributed by atoms with E-state index in [0.717, 1.165) is 6.07 Å². The minimum absolute atomic E-state index is 0.0638. The molecule has 3 N–H and O–H groups in total. The van der Waals surface area contributed by atoms with Crippen LogP contribution in [0.4, 0.5) is 10.3 Å². The normalized spacial score (nSPS) is 13.8. The molecular formula is C12H12BrFN4O2. The molecule has 20 heavy (non-hydrogen) atoms. The van der Waals surface area contributed by atoms with Gasteiger partial charge in [-0.25, -0.2) is 4.39 Å². The lowest BCUT2D eigenvalue weighted by Crippen LogP contribution is -2.37. The van der Waals surface area contributed by atoms with Gasteiger partial charge < -0.3 is 5.11 Å². The molecule has 0 radical (unpaired) electrons. The zero-order valence-electron chi connectivity index (χ0n) is 10.7. The number of nitrogens with zero attached hydrogens (tertiary/aromatic N) is 2. The highest BCUT2D eigenvalue weighted by Crippen LogP contribution is 2.26. The summed E-state index contributed by atoms with van der Waals surface area (Å²) < 4.78 is 13.3. The van der Waals surface area contributed by atoms with E-state index in [1.54, 1.807) is 6.92 Å². The fourth-order valence-corrected chi connectivity index (χ4v) is 1.93. The SMILES string of the molecule is Cc1nc(NC(=O)C(C)(O)c2ccc(F)c(Br)c2)n[nH]1. The van der Waals surface area contributed by atoms with Gasteiger partial charge in [-0.2, -0.15) is 4.98 Å². The molecule has 1 aromatic heterocycles. The van der Waals surface area contributed by atoms with Crippen LogP contribution in [0.1, 0.15) is 18.3 Å². The second kappa shape index (κ2) is 5.29. The highest BCUT2D eigenvalue weighted by Gasteiger charge is 2.33. The van der Waals surface area contributed by atoms with E-state index in [1.807, 2.05) is 0 Å². The molecule has 1 unspecified atom stereocenters. The lowest BCUT2D eigenvalue weighted by Gasteiger charge is -2.22. The summed E-state index contributed by atoms with van der Waals surface area (Å²) in [5, 5.41) is 19.0. The van der Waals surface area contributed by atoms with Crippen molar-refractivity contribution in [2.45, 2.75) is 19.4 Å². The molecule has 1 atom stereocenters. The molecule has 0 bridgehead atoms. The minimum Gasteiger partial charge on any atom is -0.376 e. The van der Waals surface area contributed by atoms with Crippen LogP contribution in [0.3, 0.4) is 0 Å². The Hall–Kier alpha value is -1.80. The number of aromatic amines is 1. The molecule has 0 aliphatic rings. The zero-order valence-corrected chi connectivity index (χ0v) is 12.3. The van der Waals surface area contributed by atoms with Gasteiger partial charge in [-0.3, -0.25) is 15.2 Å². The predicted octanol–water partition coefficient (Wildman–Crippen LogP) is 1.86. The van der Waals surface area contributed by atoms with Crippen molar-refractivity contribution in [1.29, 1.82) is 0 Å². The number of aromatic nitrogens is 3. The number of rotatable bonds is 3. The van der Waals surface area contributed by atoms with Gasteiger partial charge in [0, 0.05) is 0 Å². The average Bonchev–Trinajstić information content (AvgIpc) is 2.78. The average molecular weight is 343 g/mol. The number of hydrogen-bond acceptors (Lipinski definition) is 4. The molecule has 0 spiro atoms. The van der Waals surface area contributed by atoms with E-state index in [4.69, 9.17) is 0 Å². The van der Waals surface area contributed by atoms with Crippen molar-refractivity contribution in [2.75, 3.05) is 5.32 Å². The van der Waals surface area contributed by atoms with E-state index in [-0.39, 0.29) is 16.0 Å². The van der Waals surface area contributed by atoms with Crippen LogP contribution in [0.2, 0.25) is 0 Å². The third-order valence-corrected chi connectivity index (χ3v) is 3.35. The van der Waals surface area contributed by atoms with Crippen molar-refractivity contribution >= 4 is 27.8 Å². The summed E-state index contributed by atoms with van der Waals surface area (Å²) in [5.41, 5.74) is -1.60. The fraction of sp³-hybridized carbons (Fsp3) is 0.250. The quantitative estimate of drug-likeness (QED) is 0.793. The van der Waals surface area contributed by atoms with Crippen LogP contribution in [0.5, 0.6) is 0 Å². The van der Waals surface area contributed by atoms with Crippen LogP contribution in [0, 0.1) is 12.7 Å². The summed E-state index contributed by atoms with van der Waals surface area (Å²) >= 11 is 3.01. The van der Waals surface area contributed by atoms with E-state index >= 15 is 0 Å². The number of aliphatic hydroxyl groups is 1. The number of H-pyrrole nitrogens is 1. The molecule has 0 aliphatic carbocycles. The summed E-state index contributed by atoms with van der Waals surface area (Å²) in [7, 11) is 0. The first-order valence-electron chi connectivity index (χ1n) is 5.69. The number of anilines is 1. The summed E-state index contributed by atoms with van der Waals surface area (Å²) in [4.78, 5) is 16.0. The smallest absolute Gasteiger partial charge is 0.263 e. The second-order valence-electron chi connectivity index (χ2n) is 4.40. The third kappa shape index (κ3) is 2.86. The van der Waals surface area contributed by atoms with E-state index in [9.17, 15) is 14.3 Å². The van der Waals surface area contributed by atoms with Gasteiger partial charge in [0.15, 0.2) is 5.60 Å². The maximum absolute atomic E-state index is 13.2. The van der Waals surface area contributed by atoms with Gasteiger partial charge in [0.25, 0.3) is 5.91 Å². The van der Waals surface area contributed by atoms with Crippen molar-refractivity contribution in [3.05, 3.63) is 39.9 Å².